The van der Waals surface area contributed by atoms with Crippen molar-refractivity contribution in [1.82, 2.24) is 10.2 Å². The van der Waals surface area contributed by atoms with Crippen molar-refractivity contribution in [2.75, 3.05) is 25.0 Å². The van der Waals surface area contributed by atoms with Crippen LogP contribution in [-0.2, 0) is 0 Å². The van der Waals surface area contributed by atoms with Crippen LogP contribution in [-0.4, -0.2) is 42.7 Å². The normalized spacial score (nSPS) is 16.1. The van der Waals surface area contributed by atoms with Gasteiger partial charge in [0, 0.05) is 30.9 Å². The van der Waals surface area contributed by atoms with E-state index in [1.807, 2.05) is 65.6 Å². The number of nitrogens with zero attached hydrogens (tertiary/aromatic N) is 1. The molecule has 26 heavy (non-hydrogen) atoms. The van der Waals surface area contributed by atoms with E-state index in [-0.39, 0.29) is 12.1 Å². The molecule has 5 nitrogen and oxygen atoms in total. The summed E-state index contributed by atoms with van der Waals surface area (Å²) < 4.78 is 5.80. The Labute approximate surface area is 155 Å². The zero-order valence-corrected chi connectivity index (χ0v) is 15.2. The highest BCUT2D eigenvalue weighted by Gasteiger charge is 2.23. The Morgan fingerprint density at radius 2 is 1.69 bits per heavy atom. The summed E-state index contributed by atoms with van der Waals surface area (Å²) in [4.78, 5) is 14.2. The van der Waals surface area contributed by atoms with Crippen LogP contribution in [0.4, 0.5) is 10.5 Å². The van der Waals surface area contributed by atoms with Crippen LogP contribution in [0.25, 0.3) is 0 Å². The highest BCUT2D eigenvalue weighted by molar-refractivity contribution is 5.89. The van der Waals surface area contributed by atoms with E-state index in [1.165, 1.54) is 0 Å². The zero-order chi connectivity index (χ0) is 18.2. The summed E-state index contributed by atoms with van der Waals surface area (Å²) in [6, 6.07) is 20.1. The molecular formula is C21H27N3O2. The van der Waals surface area contributed by atoms with Crippen molar-refractivity contribution < 1.29 is 9.53 Å². The Bertz CT molecular complexity index is 670. The number of nitrogens with one attached hydrogen (secondary N) is 2. The third-order valence-electron chi connectivity index (χ3n) is 4.57. The molecule has 2 aromatic rings. The number of para-hydroxylation sites is 2. The van der Waals surface area contributed by atoms with Crippen molar-refractivity contribution in [1.29, 1.82) is 0 Å². The van der Waals surface area contributed by atoms with Gasteiger partial charge >= 0.3 is 6.03 Å². The maximum atomic E-state index is 12.3. The number of hydrogen-bond donors (Lipinski definition) is 2. The lowest BCUT2D eigenvalue weighted by Gasteiger charge is -2.34. The van der Waals surface area contributed by atoms with Crippen LogP contribution < -0.4 is 15.4 Å². The highest BCUT2D eigenvalue weighted by atomic mass is 16.5. The van der Waals surface area contributed by atoms with Crippen molar-refractivity contribution in [3.05, 3.63) is 60.7 Å². The van der Waals surface area contributed by atoms with Crippen molar-refractivity contribution in [3.8, 4) is 5.75 Å². The first-order valence-electron chi connectivity index (χ1n) is 9.25. The largest absolute Gasteiger partial charge is 0.492 e. The molecule has 1 fully saturated rings. The van der Waals surface area contributed by atoms with Crippen LogP contribution in [0, 0.1) is 0 Å². The van der Waals surface area contributed by atoms with Crippen LogP contribution in [0.3, 0.4) is 0 Å². The molecule has 1 heterocycles. The average Bonchev–Trinajstić information content (AvgIpc) is 2.68. The van der Waals surface area contributed by atoms with Gasteiger partial charge in [0.1, 0.15) is 12.4 Å². The summed E-state index contributed by atoms with van der Waals surface area (Å²) in [5, 5.41) is 6.57. The Kier molecular flexibility index (Phi) is 6.50. The van der Waals surface area contributed by atoms with E-state index in [4.69, 9.17) is 4.74 Å². The van der Waals surface area contributed by atoms with E-state index < -0.39 is 0 Å². The van der Waals surface area contributed by atoms with Gasteiger partial charge in [-0.15, -0.1) is 0 Å². The second-order valence-electron chi connectivity index (χ2n) is 6.75. The molecule has 0 saturated carbocycles. The molecule has 0 aliphatic carbocycles. The summed E-state index contributed by atoms with van der Waals surface area (Å²) in [6.07, 6.45) is 1.91. The van der Waals surface area contributed by atoms with E-state index in [2.05, 4.69) is 17.6 Å². The number of carbonyl (C=O) groups excluding carboxylic acids is 1. The molecule has 1 atom stereocenters. The SMILES string of the molecule is C[C@@H](COc1ccccc1)NC1CCN(C(=O)Nc2ccccc2)CC1. The number of anilines is 1. The van der Waals surface area contributed by atoms with Gasteiger partial charge in [-0.25, -0.2) is 4.79 Å². The standard InChI is InChI=1S/C21H27N3O2/c1-17(16-26-20-10-6-3-7-11-20)22-19-12-14-24(15-13-19)21(25)23-18-8-4-2-5-9-18/h2-11,17,19,22H,12-16H2,1H3,(H,23,25)/t17-/m0/s1. The molecule has 2 amide bonds. The number of ether oxygens (including phenoxy) is 1. The number of amides is 2. The summed E-state index contributed by atoms with van der Waals surface area (Å²) in [6.45, 7) is 4.31. The quantitative estimate of drug-likeness (QED) is 0.832. The topological polar surface area (TPSA) is 53.6 Å². The predicted molar refractivity (Wildman–Crippen MR) is 105 cm³/mol. The van der Waals surface area contributed by atoms with Crippen molar-refractivity contribution in [2.24, 2.45) is 0 Å². The number of benzene rings is 2. The smallest absolute Gasteiger partial charge is 0.321 e. The number of hydrogen-bond acceptors (Lipinski definition) is 3. The third kappa shape index (κ3) is 5.49. The summed E-state index contributed by atoms with van der Waals surface area (Å²) >= 11 is 0. The Morgan fingerprint density at radius 1 is 1.08 bits per heavy atom. The lowest BCUT2D eigenvalue weighted by molar-refractivity contribution is 0.180. The fourth-order valence-corrected chi connectivity index (χ4v) is 3.16. The van der Waals surface area contributed by atoms with Gasteiger partial charge in [0.25, 0.3) is 0 Å². The number of urea groups is 1. The van der Waals surface area contributed by atoms with E-state index in [0.29, 0.717) is 12.6 Å². The minimum Gasteiger partial charge on any atom is -0.492 e. The molecule has 138 valence electrons. The molecule has 3 rings (SSSR count). The van der Waals surface area contributed by atoms with Crippen LogP contribution in [0.15, 0.2) is 60.7 Å². The second kappa shape index (κ2) is 9.25. The number of likely N-dealkylation sites (tertiary alicyclic amines) is 1. The fraction of sp³-hybridized carbons (Fsp3) is 0.381. The van der Waals surface area contributed by atoms with Gasteiger partial charge in [-0.3, -0.25) is 0 Å². The van der Waals surface area contributed by atoms with Gasteiger partial charge in [0.2, 0.25) is 0 Å². The lowest BCUT2D eigenvalue weighted by atomic mass is 10.0. The number of carbonyl (C=O) groups is 1. The summed E-state index contributed by atoms with van der Waals surface area (Å²) in [5.74, 6) is 0.897. The molecule has 5 heteroatoms. The molecular weight excluding hydrogens is 326 g/mol. The van der Waals surface area contributed by atoms with Crippen LogP contribution in [0.5, 0.6) is 5.75 Å². The van der Waals surface area contributed by atoms with Crippen LogP contribution >= 0.6 is 0 Å². The van der Waals surface area contributed by atoms with Crippen molar-refractivity contribution in [3.63, 3.8) is 0 Å². The van der Waals surface area contributed by atoms with Gasteiger partial charge < -0.3 is 20.3 Å². The maximum absolute atomic E-state index is 12.3. The summed E-state index contributed by atoms with van der Waals surface area (Å²) in [5.41, 5.74) is 0.837. The molecule has 1 aliphatic rings. The highest BCUT2D eigenvalue weighted by Crippen LogP contribution is 2.14. The van der Waals surface area contributed by atoms with Gasteiger partial charge in [-0.1, -0.05) is 36.4 Å². The fourth-order valence-electron chi connectivity index (χ4n) is 3.16. The third-order valence-corrected chi connectivity index (χ3v) is 4.57. The van der Waals surface area contributed by atoms with Gasteiger partial charge in [-0.2, -0.15) is 0 Å². The minimum absolute atomic E-state index is 0.0184. The molecule has 2 N–H and O–H groups in total. The molecule has 0 aromatic heterocycles. The Morgan fingerprint density at radius 3 is 2.35 bits per heavy atom. The van der Waals surface area contributed by atoms with E-state index in [9.17, 15) is 4.79 Å². The molecule has 1 saturated heterocycles. The van der Waals surface area contributed by atoms with Gasteiger partial charge in [0.15, 0.2) is 0 Å². The molecule has 1 aliphatic heterocycles. The number of piperidine rings is 1. The van der Waals surface area contributed by atoms with E-state index in [0.717, 1.165) is 37.4 Å². The van der Waals surface area contributed by atoms with Crippen LogP contribution in [0.2, 0.25) is 0 Å². The first-order chi connectivity index (χ1) is 12.7. The first kappa shape index (κ1) is 18.3. The van der Waals surface area contributed by atoms with Crippen molar-refractivity contribution >= 4 is 11.7 Å². The van der Waals surface area contributed by atoms with Gasteiger partial charge in [-0.05, 0) is 44.0 Å². The average molecular weight is 353 g/mol. The van der Waals surface area contributed by atoms with E-state index >= 15 is 0 Å². The van der Waals surface area contributed by atoms with Crippen molar-refractivity contribution in [2.45, 2.75) is 31.8 Å². The molecule has 0 bridgehead atoms. The van der Waals surface area contributed by atoms with Crippen LogP contribution in [0.1, 0.15) is 19.8 Å². The van der Waals surface area contributed by atoms with Gasteiger partial charge in [0.05, 0.1) is 0 Å². The second-order valence-corrected chi connectivity index (χ2v) is 6.75. The maximum Gasteiger partial charge on any atom is 0.321 e. The molecule has 0 spiro atoms. The molecule has 0 radical (unpaired) electrons. The summed E-state index contributed by atoms with van der Waals surface area (Å²) in [7, 11) is 0. The van der Waals surface area contributed by atoms with E-state index in [1.54, 1.807) is 0 Å². The first-order valence-corrected chi connectivity index (χ1v) is 9.25. The molecule has 2 aromatic carbocycles. The minimum atomic E-state index is -0.0184. The Hall–Kier alpha value is -2.53. The predicted octanol–water partition coefficient (Wildman–Crippen LogP) is 3.74. The number of rotatable bonds is 6. The monoisotopic (exact) mass is 353 g/mol. The molecule has 0 unspecified atom stereocenters. The lowest BCUT2D eigenvalue weighted by Crippen LogP contribution is -2.49. The Balaban J connectivity index is 1.37. The zero-order valence-electron chi connectivity index (χ0n) is 15.2.